The van der Waals surface area contributed by atoms with E-state index in [0.717, 1.165) is 60.2 Å². The Hall–Kier alpha value is -3.94. The maximum absolute atomic E-state index is 13.1. The Morgan fingerprint density at radius 1 is 1.14 bits per heavy atom. The minimum absolute atomic E-state index is 0.0140. The van der Waals surface area contributed by atoms with Gasteiger partial charge in [0.15, 0.2) is 0 Å². The zero-order chi connectivity index (χ0) is 26.3. The molecule has 1 aliphatic heterocycles. The van der Waals surface area contributed by atoms with Crippen LogP contribution in [0, 0.1) is 11.8 Å². The second kappa shape index (κ2) is 9.84. The molecule has 3 aromatic rings. The van der Waals surface area contributed by atoms with Crippen LogP contribution in [0.15, 0.2) is 48.8 Å². The molecule has 8 heteroatoms. The van der Waals surface area contributed by atoms with E-state index in [0.29, 0.717) is 23.5 Å². The highest BCUT2D eigenvalue weighted by Crippen LogP contribution is 2.45. The van der Waals surface area contributed by atoms with Crippen molar-refractivity contribution in [2.24, 2.45) is 18.9 Å². The van der Waals surface area contributed by atoms with Gasteiger partial charge in [0.25, 0.3) is 5.91 Å². The van der Waals surface area contributed by atoms with Crippen LogP contribution in [0.25, 0.3) is 27.9 Å². The molecule has 2 atom stereocenters. The van der Waals surface area contributed by atoms with Crippen LogP contribution in [0.3, 0.4) is 0 Å². The van der Waals surface area contributed by atoms with Crippen molar-refractivity contribution in [2.75, 3.05) is 24.1 Å². The summed E-state index contributed by atoms with van der Waals surface area (Å²) in [7, 11) is 1.98. The van der Waals surface area contributed by atoms with Gasteiger partial charge in [0.1, 0.15) is 17.8 Å². The van der Waals surface area contributed by atoms with E-state index >= 15 is 0 Å². The third-order valence-electron chi connectivity index (χ3n) is 7.65. The van der Waals surface area contributed by atoms with Crippen molar-refractivity contribution in [1.29, 1.82) is 0 Å². The summed E-state index contributed by atoms with van der Waals surface area (Å²) in [5.41, 5.74) is 12.5. The monoisotopic (exact) mass is 498 g/mol. The number of rotatable bonds is 5. The van der Waals surface area contributed by atoms with Gasteiger partial charge in [-0.15, -0.1) is 0 Å². The van der Waals surface area contributed by atoms with Gasteiger partial charge < -0.3 is 20.5 Å². The minimum atomic E-state index is -0.208. The molecule has 0 saturated carbocycles. The van der Waals surface area contributed by atoms with E-state index in [1.807, 2.05) is 36.2 Å². The number of benzene rings is 1. The van der Waals surface area contributed by atoms with Gasteiger partial charge in [-0.05, 0) is 61.8 Å². The SMILES string of the molecule is C=C(C)C(=O)Nc1ccc(-c2c(C3=CC[C@H](C(=O)N4CCCC4)C[C@H]3C)c3c(N)ncnc3n2C)cc1. The van der Waals surface area contributed by atoms with Gasteiger partial charge in [0.05, 0.1) is 11.1 Å². The fraction of sp³-hybridized carbons (Fsp3) is 0.379. The molecule has 8 nitrogen and oxygen atoms in total. The number of hydrogen-bond donors (Lipinski definition) is 2. The highest BCUT2D eigenvalue weighted by molar-refractivity contribution is 6.05. The van der Waals surface area contributed by atoms with E-state index in [9.17, 15) is 9.59 Å². The first kappa shape index (κ1) is 24.7. The molecular weight excluding hydrogens is 464 g/mol. The smallest absolute Gasteiger partial charge is 0.250 e. The average Bonchev–Trinajstić information content (AvgIpc) is 3.52. The Morgan fingerprint density at radius 3 is 2.49 bits per heavy atom. The molecule has 5 rings (SSSR count). The fourth-order valence-electron chi connectivity index (χ4n) is 5.71. The number of amides is 2. The predicted octanol–water partition coefficient (Wildman–Crippen LogP) is 4.78. The summed E-state index contributed by atoms with van der Waals surface area (Å²) in [6, 6.07) is 7.75. The number of fused-ring (bicyclic) bond motifs is 1. The molecule has 2 amide bonds. The molecule has 192 valence electrons. The van der Waals surface area contributed by atoms with Crippen LogP contribution in [0.1, 0.15) is 45.1 Å². The molecule has 1 fully saturated rings. The van der Waals surface area contributed by atoms with E-state index in [2.05, 4.69) is 39.4 Å². The Morgan fingerprint density at radius 2 is 1.84 bits per heavy atom. The minimum Gasteiger partial charge on any atom is -0.383 e. The Kier molecular flexibility index (Phi) is 6.58. The van der Waals surface area contributed by atoms with E-state index in [4.69, 9.17) is 5.73 Å². The molecule has 1 aromatic carbocycles. The summed E-state index contributed by atoms with van der Waals surface area (Å²) in [5.74, 6) is 0.701. The molecule has 0 bridgehead atoms. The molecular formula is C29H34N6O2. The van der Waals surface area contributed by atoms with Crippen molar-refractivity contribution >= 4 is 39.9 Å². The fourth-order valence-corrected chi connectivity index (χ4v) is 5.71. The first-order valence-electron chi connectivity index (χ1n) is 12.9. The molecule has 2 aromatic heterocycles. The number of hydrogen-bond acceptors (Lipinski definition) is 5. The van der Waals surface area contributed by atoms with Crippen molar-refractivity contribution in [3.63, 3.8) is 0 Å². The first-order valence-corrected chi connectivity index (χ1v) is 12.9. The third-order valence-corrected chi connectivity index (χ3v) is 7.65. The highest BCUT2D eigenvalue weighted by atomic mass is 16.2. The van der Waals surface area contributed by atoms with Crippen LogP contribution in [-0.2, 0) is 16.6 Å². The molecule has 2 aliphatic rings. The maximum Gasteiger partial charge on any atom is 0.250 e. The Bertz CT molecular complexity index is 1410. The molecule has 1 saturated heterocycles. The van der Waals surface area contributed by atoms with Gasteiger partial charge in [-0.25, -0.2) is 9.97 Å². The zero-order valence-corrected chi connectivity index (χ0v) is 21.8. The quantitative estimate of drug-likeness (QED) is 0.492. The lowest BCUT2D eigenvalue weighted by atomic mass is 9.77. The number of aryl methyl sites for hydroxylation is 1. The summed E-state index contributed by atoms with van der Waals surface area (Å²) in [5, 5.41) is 3.69. The van der Waals surface area contributed by atoms with Gasteiger partial charge >= 0.3 is 0 Å². The molecule has 1 aliphatic carbocycles. The number of allylic oxidation sites excluding steroid dienone is 2. The molecule has 3 heterocycles. The van der Waals surface area contributed by atoms with Crippen molar-refractivity contribution in [3.05, 3.63) is 54.4 Å². The lowest BCUT2D eigenvalue weighted by molar-refractivity contribution is -0.134. The molecule has 0 radical (unpaired) electrons. The van der Waals surface area contributed by atoms with E-state index in [1.165, 1.54) is 11.9 Å². The van der Waals surface area contributed by atoms with E-state index in [-0.39, 0.29) is 23.7 Å². The molecule has 0 unspecified atom stereocenters. The van der Waals surface area contributed by atoms with Crippen LogP contribution < -0.4 is 11.1 Å². The largest absolute Gasteiger partial charge is 0.383 e. The maximum atomic E-state index is 13.1. The number of nitrogens with zero attached hydrogens (tertiary/aromatic N) is 4. The van der Waals surface area contributed by atoms with Crippen LogP contribution in [-0.4, -0.2) is 44.3 Å². The highest BCUT2D eigenvalue weighted by Gasteiger charge is 2.33. The van der Waals surface area contributed by atoms with Crippen molar-refractivity contribution < 1.29 is 9.59 Å². The number of anilines is 2. The topological polar surface area (TPSA) is 106 Å². The summed E-state index contributed by atoms with van der Waals surface area (Å²) in [6.07, 6.45) is 7.43. The molecule has 3 N–H and O–H groups in total. The Balaban J connectivity index is 1.56. The van der Waals surface area contributed by atoms with Crippen LogP contribution >= 0.6 is 0 Å². The number of nitrogens with two attached hydrogens (primary N) is 1. The van der Waals surface area contributed by atoms with Gasteiger partial charge in [-0.2, -0.15) is 0 Å². The standard InChI is InChI=1S/C29H34N6O2/c1-17(2)28(36)33-21-10-7-19(8-11-21)25-23(24-26(30)31-16-32-27(24)34(25)4)22-12-9-20(15-18(22)3)29(37)35-13-5-6-14-35/h7-8,10-12,16,18,20H,1,5-6,9,13-15H2,2-4H3,(H,33,36)(H2,30,31,32)/t18-,20+/m1/s1. The second-order valence-electron chi connectivity index (χ2n) is 10.3. The number of nitrogen functional groups attached to an aromatic ring is 1. The van der Waals surface area contributed by atoms with Gasteiger partial charge in [-0.3, -0.25) is 9.59 Å². The normalized spacial score (nSPS) is 19.6. The van der Waals surface area contributed by atoms with Crippen LogP contribution in [0.2, 0.25) is 0 Å². The molecule has 37 heavy (non-hydrogen) atoms. The van der Waals surface area contributed by atoms with Crippen molar-refractivity contribution in [3.8, 4) is 11.3 Å². The lowest BCUT2D eigenvalue weighted by Gasteiger charge is -2.30. The van der Waals surface area contributed by atoms with Crippen molar-refractivity contribution in [1.82, 2.24) is 19.4 Å². The molecule has 0 spiro atoms. The average molecular weight is 499 g/mol. The third kappa shape index (κ3) is 4.52. The lowest BCUT2D eigenvalue weighted by Crippen LogP contribution is -2.35. The van der Waals surface area contributed by atoms with Crippen LogP contribution in [0.4, 0.5) is 11.5 Å². The number of carbonyl (C=O) groups is 2. The number of likely N-dealkylation sites (tertiary alicyclic amines) is 1. The number of nitrogens with one attached hydrogen (secondary N) is 1. The summed E-state index contributed by atoms with van der Waals surface area (Å²) in [6.45, 7) is 9.33. The summed E-state index contributed by atoms with van der Waals surface area (Å²) in [4.78, 5) is 36.1. The zero-order valence-electron chi connectivity index (χ0n) is 21.8. The Labute approximate surface area is 217 Å². The number of carbonyl (C=O) groups excluding carboxylic acids is 2. The first-order chi connectivity index (χ1) is 17.8. The van der Waals surface area contributed by atoms with Gasteiger partial charge in [0.2, 0.25) is 5.91 Å². The van der Waals surface area contributed by atoms with Gasteiger partial charge in [-0.1, -0.05) is 31.7 Å². The predicted molar refractivity (Wildman–Crippen MR) is 147 cm³/mol. The summed E-state index contributed by atoms with van der Waals surface area (Å²) < 4.78 is 2.05. The summed E-state index contributed by atoms with van der Waals surface area (Å²) >= 11 is 0. The van der Waals surface area contributed by atoms with Gasteiger partial charge in [0, 0.05) is 42.9 Å². The van der Waals surface area contributed by atoms with Crippen LogP contribution in [0.5, 0.6) is 0 Å². The van der Waals surface area contributed by atoms with E-state index in [1.54, 1.807) is 6.92 Å². The number of aromatic nitrogens is 3. The van der Waals surface area contributed by atoms with Crippen molar-refractivity contribution in [2.45, 2.75) is 39.5 Å². The van der Waals surface area contributed by atoms with E-state index < -0.39 is 0 Å². The second-order valence-corrected chi connectivity index (χ2v) is 10.3.